The summed E-state index contributed by atoms with van der Waals surface area (Å²) in [5, 5.41) is 3.54. The fourth-order valence-corrected chi connectivity index (χ4v) is 8.32. The molecule has 0 unspecified atom stereocenters. The highest BCUT2D eigenvalue weighted by molar-refractivity contribution is 6.23. The molecule has 0 aliphatic heterocycles. The Morgan fingerprint density at radius 1 is 0.322 bits per heavy atom. The van der Waals surface area contributed by atoms with Crippen LogP contribution in [0.5, 0.6) is 0 Å². The first-order valence-electron chi connectivity index (χ1n) is 19.9. The van der Waals surface area contributed by atoms with Crippen LogP contribution in [-0.2, 0) is 0 Å². The number of fused-ring (bicyclic) bond motifs is 5. The van der Waals surface area contributed by atoms with Gasteiger partial charge in [0.15, 0.2) is 5.82 Å². The molecule has 0 fully saturated rings. The van der Waals surface area contributed by atoms with E-state index in [0.29, 0.717) is 5.82 Å². The first kappa shape index (κ1) is 34.3. The molecule has 0 N–H and O–H groups in total. The number of hydrogen-bond acceptors (Lipinski definition) is 3. The molecule has 59 heavy (non-hydrogen) atoms. The van der Waals surface area contributed by atoms with E-state index >= 15 is 0 Å². The van der Waals surface area contributed by atoms with Crippen molar-refractivity contribution in [2.45, 2.75) is 0 Å². The summed E-state index contributed by atoms with van der Waals surface area (Å²) < 4.78 is 2.36. The molecule has 0 saturated heterocycles. The van der Waals surface area contributed by atoms with Crippen molar-refractivity contribution in [3.63, 3.8) is 0 Å². The van der Waals surface area contributed by atoms with Gasteiger partial charge in [0.1, 0.15) is 0 Å². The summed E-state index contributed by atoms with van der Waals surface area (Å²) in [6, 6.07) is 76.7. The van der Waals surface area contributed by atoms with Gasteiger partial charge in [0, 0.05) is 44.1 Å². The lowest BCUT2D eigenvalue weighted by Crippen LogP contribution is -1.99. The zero-order valence-corrected chi connectivity index (χ0v) is 32.1. The average Bonchev–Trinajstić information content (AvgIpc) is 3.68. The van der Waals surface area contributed by atoms with Crippen molar-refractivity contribution in [1.29, 1.82) is 0 Å². The quantitative estimate of drug-likeness (QED) is 0.163. The third-order valence-electron chi connectivity index (χ3n) is 11.2. The predicted molar refractivity (Wildman–Crippen MR) is 244 cm³/mol. The van der Waals surface area contributed by atoms with Gasteiger partial charge < -0.3 is 4.57 Å². The van der Waals surface area contributed by atoms with E-state index in [1.807, 2.05) is 12.1 Å². The van der Waals surface area contributed by atoms with Crippen LogP contribution in [0.4, 0.5) is 0 Å². The minimum atomic E-state index is 0.674. The molecule has 0 bridgehead atoms. The summed E-state index contributed by atoms with van der Waals surface area (Å²) in [4.78, 5) is 15.6. The van der Waals surface area contributed by atoms with Crippen LogP contribution < -0.4 is 0 Å². The zero-order chi connectivity index (χ0) is 39.1. The van der Waals surface area contributed by atoms with E-state index in [2.05, 4.69) is 211 Å². The lowest BCUT2D eigenvalue weighted by Gasteiger charge is -2.14. The van der Waals surface area contributed by atoms with Gasteiger partial charge in [0.2, 0.25) is 0 Å². The van der Waals surface area contributed by atoms with E-state index in [1.165, 1.54) is 27.5 Å². The lowest BCUT2D eigenvalue weighted by molar-refractivity contribution is 1.16. The number of rotatable bonds is 7. The predicted octanol–water partition coefficient (Wildman–Crippen LogP) is 14.1. The van der Waals surface area contributed by atoms with Crippen molar-refractivity contribution in [3.05, 3.63) is 218 Å². The van der Waals surface area contributed by atoms with Gasteiger partial charge in [-0.3, -0.25) is 0 Å². The largest absolute Gasteiger partial charge is 0.307 e. The number of para-hydroxylation sites is 2. The summed E-state index contributed by atoms with van der Waals surface area (Å²) >= 11 is 0. The third kappa shape index (κ3) is 6.24. The second-order valence-electron chi connectivity index (χ2n) is 14.8. The molecule has 11 rings (SSSR count). The Morgan fingerprint density at radius 2 is 0.763 bits per heavy atom. The van der Waals surface area contributed by atoms with E-state index in [-0.39, 0.29) is 0 Å². The number of pyridine rings is 1. The van der Waals surface area contributed by atoms with Crippen LogP contribution >= 0.6 is 0 Å². The van der Waals surface area contributed by atoms with Crippen molar-refractivity contribution >= 4 is 32.7 Å². The van der Waals surface area contributed by atoms with Crippen LogP contribution in [0.15, 0.2) is 218 Å². The molecule has 0 aliphatic rings. The van der Waals surface area contributed by atoms with E-state index in [1.54, 1.807) is 0 Å². The number of hydrogen-bond donors (Lipinski definition) is 0. The first-order chi connectivity index (χ1) is 29.2. The molecule has 3 heterocycles. The highest BCUT2D eigenvalue weighted by Gasteiger charge is 2.21. The molecule has 4 nitrogen and oxygen atoms in total. The van der Waals surface area contributed by atoms with Gasteiger partial charge in [-0.1, -0.05) is 176 Å². The highest BCUT2D eigenvalue weighted by Crippen LogP contribution is 2.41. The van der Waals surface area contributed by atoms with Crippen LogP contribution in [0, 0.1) is 0 Å². The molecular weight excluding hydrogens is 717 g/mol. The highest BCUT2D eigenvalue weighted by atomic mass is 15.0. The van der Waals surface area contributed by atoms with Crippen molar-refractivity contribution in [1.82, 2.24) is 19.5 Å². The molecule has 11 aromatic rings. The molecule has 0 radical (unpaired) electrons. The molecule has 8 aromatic carbocycles. The van der Waals surface area contributed by atoms with Gasteiger partial charge >= 0.3 is 0 Å². The van der Waals surface area contributed by atoms with Gasteiger partial charge in [-0.2, -0.15) is 0 Å². The topological polar surface area (TPSA) is 43.6 Å². The number of nitrogens with zero attached hydrogens (tertiary/aromatic N) is 4. The van der Waals surface area contributed by atoms with Crippen LogP contribution in [0.1, 0.15) is 0 Å². The fraction of sp³-hybridized carbons (Fsp3) is 0. The van der Waals surface area contributed by atoms with Crippen LogP contribution in [0.2, 0.25) is 0 Å². The summed E-state index contributed by atoms with van der Waals surface area (Å²) in [5.41, 5.74) is 15.8. The van der Waals surface area contributed by atoms with Crippen molar-refractivity contribution in [2.75, 3.05) is 0 Å². The van der Waals surface area contributed by atoms with Crippen LogP contribution in [0.25, 0.3) is 106 Å². The number of benzene rings is 8. The Hall–Kier alpha value is -7.95. The second kappa shape index (κ2) is 14.5. The molecule has 0 spiro atoms. The Morgan fingerprint density at radius 3 is 1.37 bits per heavy atom. The Balaban J connectivity index is 1.01. The van der Waals surface area contributed by atoms with Gasteiger partial charge in [-0.15, -0.1) is 0 Å². The monoisotopic (exact) mass is 752 g/mol. The molecule has 0 aliphatic carbocycles. The smallest absolute Gasteiger partial charge is 0.160 e. The molecule has 3 aromatic heterocycles. The lowest BCUT2D eigenvalue weighted by atomic mass is 9.99. The summed E-state index contributed by atoms with van der Waals surface area (Å²) in [6.07, 6.45) is 0. The maximum Gasteiger partial charge on any atom is 0.160 e. The van der Waals surface area contributed by atoms with E-state index in [0.717, 1.165) is 72.5 Å². The van der Waals surface area contributed by atoms with E-state index in [4.69, 9.17) is 15.0 Å². The molecule has 0 saturated carbocycles. The molecule has 0 amide bonds. The van der Waals surface area contributed by atoms with Gasteiger partial charge in [-0.05, 0) is 64.7 Å². The van der Waals surface area contributed by atoms with Gasteiger partial charge in [-0.25, -0.2) is 15.0 Å². The molecule has 0 atom stereocenters. The van der Waals surface area contributed by atoms with Gasteiger partial charge in [0.05, 0.1) is 33.6 Å². The molecule has 276 valence electrons. The standard InChI is InChI=1S/C55H36N4/c1-4-14-37(15-5-1)38-24-26-39(27-25-38)40-28-30-42(31-29-40)50-36-49(41-16-6-2-7-17-41)57-55(58-50)44-32-34-45(35-33-44)59-51-23-13-11-21-47(51)52-46-20-10-12-22-48(46)56-53(54(52)59)43-18-8-3-9-19-43/h1-36H. The van der Waals surface area contributed by atoms with E-state index in [9.17, 15) is 0 Å². The summed E-state index contributed by atoms with van der Waals surface area (Å²) in [6.45, 7) is 0. The second-order valence-corrected chi connectivity index (χ2v) is 14.8. The van der Waals surface area contributed by atoms with E-state index < -0.39 is 0 Å². The Bertz CT molecular complexity index is 3260. The average molecular weight is 753 g/mol. The van der Waals surface area contributed by atoms with Crippen molar-refractivity contribution in [3.8, 4) is 73.1 Å². The maximum absolute atomic E-state index is 5.29. The van der Waals surface area contributed by atoms with Gasteiger partial charge in [0.25, 0.3) is 0 Å². The zero-order valence-electron chi connectivity index (χ0n) is 32.1. The molecule has 4 heteroatoms. The molecular formula is C55H36N4. The summed E-state index contributed by atoms with van der Waals surface area (Å²) in [5.74, 6) is 0.674. The normalized spacial score (nSPS) is 11.4. The Labute approximate surface area is 342 Å². The third-order valence-corrected chi connectivity index (χ3v) is 11.2. The van der Waals surface area contributed by atoms with Crippen molar-refractivity contribution < 1.29 is 0 Å². The maximum atomic E-state index is 5.29. The minimum Gasteiger partial charge on any atom is -0.307 e. The first-order valence-corrected chi connectivity index (χ1v) is 19.9. The SMILES string of the molecule is c1ccc(-c2ccc(-c3ccc(-c4cc(-c5ccccc5)nc(-c5ccc(-n6c7ccccc7c7c8ccccc8nc(-c8ccccc8)c76)cc5)n4)cc3)cc2)cc1. The van der Waals surface area contributed by atoms with Crippen LogP contribution in [0.3, 0.4) is 0 Å². The minimum absolute atomic E-state index is 0.674. The summed E-state index contributed by atoms with van der Waals surface area (Å²) in [7, 11) is 0. The van der Waals surface area contributed by atoms with Crippen LogP contribution in [-0.4, -0.2) is 19.5 Å². The van der Waals surface area contributed by atoms with Crippen molar-refractivity contribution in [2.24, 2.45) is 0 Å². The fourth-order valence-electron chi connectivity index (χ4n) is 8.32. The number of aromatic nitrogens is 4. The Kier molecular flexibility index (Phi) is 8.45.